The third kappa shape index (κ3) is 22.6. The van der Waals surface area contributed by atoms with Crippen LogP contribution in [-0.2, 0) is 19.8 Å². The van der Waals surface area contributed by atoms with Gasteiger partial charge in [0.1, 0.15) is 0 Å². The zero-order chi connectivity index (χ0) is 13.0. The molecule has 8 heteroatoms. The molecule has 6 nitrogen and oxygen atoms in total. The fourth-order valence-corrected chi connectivity index (χ4v) is 2.26. The van der Waals surface area contributed by atoms with Gasteiger partial charge < -0.3 is 9.90 Å². The van der Waals surface area contributed by atoms with Gasteiger partial charge in [-0.15, -0.1) is 0 Å². The maximum Gasteiger partial charge on any atom is 1.00 e. The summed E-state index contributed by atoms with van der Waals surface area (Å²) in [5, 5.41) is 9.26. The minimum atomic E-state index is -1.86. The van der Waals surface area contributed by atoms with E-state index in [1.807, 2.05) is 0 Å². The van der Waals surface area contributed by atoms with Crippen molar-refractivity contribution in [2.24, 2.45) is 0 Å². The molecule has 0 aromatic rings. The summed E-state index contributed by atoms with van der Waals surface area (Å²) in [6.45, 7) is 4.94. The normalized spacial score (nSPS) is 7.94. The summed E-state index contributed by atoms with van der Waals surface area (Å²) < 4.78 is 9.35. The monoisotopic (exact) mass is 466 g/mol. The van der Waals surface area contributed by atoms with Crippen molar-refractivity contribution >= 4 is 43.0 Å². The van der Waals surface area contributed by atoms with E-state index < -0.39 is 31.1 Å². The zero-order valence-electron chi connectivity index (χ0n) is 10.6. The first-order chi connectivity index (χ1) is 7.47. The Balaban J connectivity index is -0.000000280. The number of hydrogen-bond donors (Lipinski definition) is 0. The van der Waals surface area contributed by atoms with Crippen molar-refractivity contribution in [3.8, 4) is 0 Å². The first-order valence-corrected chi connectivity index (χ1v) is 7.99. The number of carbonyl (C=O) groups is 3. The standard InChI is InChI=1S/3C3H6O2.K.Pb/c3*1-2-3(4)5;;/h3*2H2,1H3,(H,4,5);;/q;;;+1;+2/p-3. The van der Waals surface area contributed by atoms with Crippen LogP contribution in [0, 0.1) is 0 Å². The van der Waals surface area contributed by atoms with E-state index in [-0.39, 0.29) is 69.7 Å². The Kier molecular flexibility index (Phi) is 23.0. The molecule has 0 aromatic heterocycles. The van der Waals surface area contributed by atoms with Crippen LogP contribution in [0.1, 0.15) is 40.0 Å². The van der Waals surface area contributed by atoms with Gasteiger partial charge in [-0.2, -0.15) is 0 Å². The van der Waals surface area contributed by atoms with Crippen LogP contribution in [0.25, 0.3) is 0 Å². The number of hydrogen-bond acceptors (Lipinski definition) is 6. The van der Waals surface area contributed by atoms with Crippen LogP contribution in [-0.4, -0.2) is 43.0 Å². The molecular weight excluding hydrogens is 450 g/mol. The van der Waals surface area contributed by atoms with E-state index in [0.29, 0.717) is 12.8 Å². The number of carbonyl (C=O) groups excluding carboxylic acids is 3. The molecular formula is C9H15KO6Pb. The van der Waals surface area contributed by atoms with Crippen molar-refractivity contribution in [1.82, 2.24) is 0 Å². The Bertz CT molecular complexity index is 218. The van der Waals surface area contributed by atoms with Crippen LogP contribution in [0.3, 0.4) is 0 Å². The van der Waals surface area contributed by atoms with Crippen LogP contribution in [0.15, 0.2) is 0 Å². The predicted molar refractivity (Wildman–Crippen MR) is 53.8 cm³/mol. The number of rotatable bonds is 5. The maximum atomic E-state index is 10.5. The molecule has 0 aromatic carbocycles. The summed E-state index contributed by atoms with van der Waals surface area (Å²) in [5.41, 5.74) is 0. The molecule has 92 valence electrons. The Labute approximate surface area is 157 Å². The largest absolute Gasteiger partial charge is 1.00 e. The molecule has 0 rings (SSSR count). The summed E-state index contributed by atoms with van der Waals surface area (Å²) in [5.74, 6) is -1.56. The van der Waals surface area contributed by atoms with Crippen molar-refractivity contribution in [2.75, 3.05) is 0 Å². The fraction of sp³-hybridized carbons (Fsp3) is 0.667. The summed E-state index contributed by atoms with van der Waals surface area (Å²) in [6.07, 6.45) is 0.799. The van der Waals surface area contributed by atoms with Gasteiger partial charge in [0.15, 0.2) is 0 Å². The Morgan fingerprint density at radius 3 is 1.41 bits per heavy atom. The second-order valence-corrected chi connectivity index (χ2v) is 4.70. The zero-order valence-corrected chi connectivity index (χ0v) is 17.6. The summed E-state index contributed by atoms with van der Waals surface area (Å²) in [6, 6.07) is 0. The van der Waals surface area contributed by atoms with Gasteiger partial charge in [0, 0.05) is 5.97 Å². The van der Waals surface area contributed by atoms with Gasteiger partial charge in [0.05, 0.1) is 0 Å². The van der Waals surface area contributed by atoms with Crippen LogP contribution in [0.4, 0.5) is 0 Å². The Morgan fingerprint density at radius 1 is 0.941 bits per heavy atom. The van der Waals surface area contributed by atoms with E-state index in [1.165, 1.54) is 6.92 Å². The quantitative estimate of drug-likeness (QED) is 0.393. The van der Waals surface area contributed by atoms with Gasteiger partial charge in [0.2, 0.25) is 0 Å². The van der Waals surface area contributed by atoms with Crippen LogP contribution < -0.4 is 56.5 Å². The third-order valence-corrected chi connectivity index (χ3v) is 3.60. The van der Waals surface area contributed by atoms with Gasteiger partial charge in [-0.05, 0) is 6.42 Å². The van der Waals surface area contributed by atoms with Crippen LogP contribution in [0.5, 0.6) is 0 Å². The van der Waals surface area contributed by atoms with Crippen molar-refractivity contribution < 1.29 is 76.2 Å². The van der Waals surface area contributed by atoms with Crippen molar-refractivity contribution in [1.29, 1.82) is 0 Å². The first-order valence-electron chi connectivity index (χ1n) is 4.81. The van der Waals surface area contributed by atoms with Crippen LogP contribution >= 0.6 is 0 Å². The molecule has 17 heavy (non-hydrogen) atoms. The Hall–Kier alpha value is 0.968. The van der Waals surface area contributed by atoms with Gasteiger partial charge in [0.25, 0.3) is 0 Å². The molecule has 0 atom stereocenters. The SMILES string of the molecule is CCC(=O)[O-].CCC(=O)[O][Pb][O]C(=O)CC.[K+]. The predicted octanol–water partition coefficient (Wildman–Crippen LogP) is -3.42. The molecule has 0 saturated carbocycles. The third-order valence-electron chi connectivity index (χ3n) is 1.18. The number of aliphatic carboxylic acids is 1. The summed E-state index contributed by atoms with van der Waals surface area (Å²) >= 11 is -1.86. The van der Waals surface area contributed by atoms with Gasteiger partial charge in [-0.3, -0.25) is 0 Å². The van der Waals surface area contributed by atoms with Gasteiger partial charge in [-0.25, -0.2) is 0 Å². The molecule has 0 aliphatic heterocycles. The van der Waals surface area contributed by atoms with Crippen molar-refractivity contribution in [3.63, 3.8) is 0 Å². The molecule has 0 unspecified atom stereocenters. The molecule has 0 aliphatic rings. The molecule has 0 saturated heterocycles. The molecule has 0 amide bonds. The molecule has 0 spiro atoms. The average molecular weight is 466 g/mol. The number of carboxylic acid groups (broad SMARTS) is 1. The smallest absolute Gasteiger partial charge is 1.00 e. The molecule has 2 radical (unpaired) electrons. The number of carboxylic acids is 1. The van der Waals surface area contributed by atoms with E-state index in [4.69, 9.17) is 0 Å². The van der Waals surface area contributed by atoms with Crippen molar-refractivity contribution in [3.05, 3.63) is 0 Å². The Morgan fingerprint density at radius 2 is 1.24 bits per heavy atom. The van der Waals surface area contributed by atoms with E-state index in [1.54, 1.807) is 13.8 Å². The fourth-order valence-electron chi connectivity index (χ4n) is 0.258. The molecule has 0 aliphatic carbocycles. The average Bonchev–Trinajstić information content (AvgIpc) is 2.29. The second-order valence-electron chi connectivity index (χ2n) is 2.46. The molecule has 0 fully saturated rings. The maximum absolute atomic E-state index is 10.5. The minimum Gasteiger partial charge on any atom is 1.00 e. The van der Waals surface area contributed by atoms with E-state index in [2.05, 4.69) is 5.37 Å². The van der Waals surface area contributed by atoms with E-state index in [9.17, 15) is 19.5 Å². The summed E-state index contributed by atoms with van der Waals surface area (Å²) in [7, 11) is 0. The van der Waals surface area contributed by atoms with Gasteiger partial charge >= 0.3 is 130 Å². The van der Waals surface area contributed by atoms with E-state index in [0.717, 1.165) is 0 Å². The minimum absolute atomic E-state index is 0. The molecule has 0 N–H and O–H groups in total. The molecule has 0 bridgehead atoms. The van der Waals surface area contributed by atoms with E-state index >= 15 is 0 Å². The van der Waals surface area contributed by atoms with Crippen LogP contribution in [0.2, 0.25) is 0 Å². The summed E-state index contributed by atoms with van der Waals surface area (Å²) in [4.78, 5) is 30.3. The molecule has 0 heterocycles. The van der Waals surface area contributed by atoms with Crippen molar-refractivity contribution in [2.45, 2.75) is 40.0 Å². The second kappa shape index (κ2) is 17.0. The topological polar surface area (TPSA) is 92.7 Å². The first kappa shape index (κ1) is 23.1. The van der Waals surface area contributed by atoms with Gasteiger partial charge in [-0.1, -0.05) is 6.92 Å².